The Morgan fingerprint density at radius 2 is 1.71 bits per heavy atom. The van der Waals surface area contributed by atoms with Gasteiger partial charge >= 0.3 is 6.18 Å². The van der Waals surface area contributed by atoms with Gasteiger partial charge < -0.3 is 15.7 Å². The summed E-state index contributed by atoms with van der Waals surface area (Å²) in [6.45, 7) is 5.71. The highest BCUT2D eigenvalue weighted by atomic mass is 19.4. The maximum atomic E-state index is 15.6. The van der Waals surface area contributed by atoms with Gasteiger partial charge in [0.15, 0.2) is 0 Å². The van der Waals surface area contributed by atoms with Crippen molar-refractivity contribution >= 4 is 17.5 Å². The molecule has 0 bridgehead atoms. The summed E-state index contributed by atoms with van der Waals surface area (Å²) in [7, 11) is 0. The van der Waals surface area contributed by atoms with Gasteiger partial charge in [0, 0.05) is 43.5 Å². The first kappa shape index (κ1) is 30.8. The first-order valence-electron chi connectivity index (χ1n) is 13.4. The zero-order valence-electron chi connectivity index (χ0n) is 23.0. The largest absolute Gasteiger partial charge is 0.427 e. The third-order valence-electron chi connectivity index (χ3n) is 7.68. The van der Waals surface area contributed by atoms with E-state index in [1.54, 1.807) is 12.1 Å². The number of halogens is 5. The van der Waals surface area contributed by atoms with Crippen LogP contribution in [0.1, 0.15) is 64.1 Å². The predicted octanol–water partition coefficient (Wildman–Crippen LogP) is 3.98. The van der Waals surface area contributed by atoms with Crippen LogP contribution in [0.5, 0.6) is 0 Å². The van der Waals surface area contributed by atoms with Gasteiger partial charge in [-0.1, -0.05) is 32.9 Å². The lowest BCUT2D eigenvalue weighted by Gasteiger charge is -2.44. The first-order valence-corrected chi connectivity index (χ1v) is 13.4. The van der Waals surface area contributed by atoms with Gasteiger partial charge in [-0.3, -0.25) is 24.5 Å². The molecule has 1 unspecified atom stereocenters. The van der Waals surface area contributed by atoms with E-state index in [0.717, 1.165) is 24.2 Å². The van der Waals surface area contributed by atoms with Crippen LogP contribution in [0.3, 0.4) is 0 Å². The first-order chi connectivity index (χ1) is 19.1. The molecule has 13 heteroatoms. The van der Waals surface area contributed by atoms with Crippen molar-refractivity contribution in [1.82, 2.24) is 20.6 Å². The summed E-state index contributed by atoms with van der Waals surface area (Å²) < 4.78 is 74.4. The van der Waals surface area contributed by atoms with E-state index in [1.807, 2.05) is 20.8 Å². The molecule has 1 saturated carbocycles. The van der Waals surface area contributed by atoms with Crippen LogP contribution < -0.4 is 15.5 Å². The van der Waals surface area contributed by atoms with Crippen LogP contribution in [0, 0.1) is 0 Å². The number of aromatic nitrogens is 2. The number of nitrogens with one attached hydrogen (secondary N) is 2. The number of carbonyl (C=O) groups is 2. The van der Waals surface area contributed by atoms with Crippen LogP contribution in [-0.2, 0) is 20.5 Å². The predicted molar refractivity (Wildman–Crippen MR) is 140 cm³/mol. The fourth-order valence-electron chi connectivity index (χ4n) is 5.35. The lowest BCUT2D eigenvalue weighted by Crippen LogP contribution is -2.69. The van der Waals surface area contributed by atoms with Gasteiger partial charge in [0.05, 0.1) is 18.3 Å². The molecule has 224 valence electrons. The number of hydrogen-bond acceptors (Lipinski definition) is 6. The molecule has 3 N–H and O–H groups in total. The minimum absolute atomic E-state index is 0.0279. The Labute approximate surface area is 234 Å². The summed E-state index contributed by atoms with van der Waals surface area (Å²) in [5.41, 5.74) is -4.40. The molecule has 1 aromatic heterocycles. The van der Waals surface area contributed by atoms with Crippen LogP contribution >= 0.6 is 0 Å². The Morgan fingerprint density at radius 1 is 1.07 bits per heavy atom. The van der Waals surface area contributed by atoms with Crippen molar-refractivity contribution in [2.45, 2.75) is 94.1 Å². The summed E-state index contributed by atoms with van der Waals surface area (Å²) in [5, 5.41) is 15.1. The number of alkyl halides is 5. The number of amides is 2. The van der Waals surface area contributed by atoms with Crippen LogP contribution in [0.2, 0.25) is 0 Å². The molecule has 2 aromatic rings. The maximum absolute atomic E-state index is 15.6. The second kappa shape index (κ2) is 11.2. The van der Waals surface area contributed by atoms with E-state index < -0.39 is 66.2 Å². The average molecular weight is 584 g/mol. The van der Waals surface area contributed by atoms with E-state index in [1.165, 1.54) is 12.1 Å². The Kier molecular flexibility index (Phi) is 8.43. The molecule has 2 fully saturated rings. The topological polar surface area (TPSA) is 107 Å². The standard InChI is InChI=1S/C28H34F5N5O3/c1-25(2,3)17-4-6-19(7-5-17)38(23(40)21-14-20(39)15-36-21)27(28(31,32)33,22-16-34-12-13-35-22)24(41)37-18-8-10-26(29,30)11-9-18/h4-7,12-13,16,18,20-21,36,39H,8-11,14-15H2,1-3H3,(H,37,41)/t20-,21-,27?/m1/s1. The van der Waals surface area contributed by atoms with E-state index in [4.69, 9.17) is 0 Å². The van der Waals surface area contributed by atoms with Gasteiger partial charge in [-0.05, 0) is 42.4 Å². The number of aliphatic hydroxyl groups is 1. The van der Waals surface area contributed by atoms with Gasteiger partial charge in [0.25, 0.3) is 11.4 Å². The molecule has 3 atom stereocenters. The number of anilines is 1. The van der Waals surface area contributed by atoms with Crippen LogP contribution in [-0.4, -0.2) is 63.7 Å². The molecule has 8 nitrogen and oxygen atoms in total. The van der Waals surface area contributed by atoms with Crippen molar-refractivity contribution in [3.05, 3.63) is 54.1 Å². The number of aliphatic hydroxyl groups excluding tert-OH is 1. The Morgan fingerprint density at radius 3 is 2.20 bits per heavy atom. The third kappa shape index (κ3) is 6.20. The molecule has 0 radical (unpaired) electrons. The molecule has 0 spiro atoms. The summed E-state index contributed by atoms with van der Waals surface area (Å²) in [6, 6.07) is 3.58. The van der Waals surface area contributed by atoms with E-state index in [-0.39, 0.29) is 36.9 Å². The highest BCUT2D eigenvalue weighted by Gasteiger charge is 2.69. The molecular formula is C28H34F5N5O3. The van der Waals surface area contributed by atoms with Gasteiger partial charge in [-0.15, -0.1) is 0 Å². The second-order valence-corrected chi connectivity index (χ2v) is 11.7. The van der Waals surface area contributed by atoms with Crippen molar-refractivity contribution in [2.24, 2.45) is 0 Å². The van der Waals surface area contributed by atoms with Crippen molar-refractivity contribution in [3.63, 3.8) is 0 Å². The van der Waals surface area contributed by atoms with E-state index in [0.29, 0.717) is 4.90 Å². The number of rotatable bonds is 6. The highest BCUT2D eigenvalue weighted by Crippen LogP contribution is 2.47. The molecule has 41 heavy (non-hydrogen) atoms. The number of hydrogen-bond donors (Lipinski definition) is 3. The molecule has 1 aromatic carbocycles. The van der Waals surface area contributed by atoms with Crippen molar-refractivity contribution in [3.8, 4) is 0 Å². The number of β-amino-alcohol motifs (C(OH)–C–C–N with tert-alkyl or cyclic N) is 1. The number of carbonyl (C=O) groups excluding carboxylic acids is 2. The zero-order chi connectivity index (χ0) is 30.2. The smallest absolute Gasteiger partial charge is 0.392 e. The Balaban J connectivity index is 1.91. The maximum Gasteiger partial charge on any atom is 0.427 e. The summed E-state index contributed by atoms with van der Waals surface area (Å²) >= 11 is 0. The molecule has 1 saturated heterocycles. The summed E-state index contributed by atoms with van der Waals surface area (Å²) in [4.78, 5) is 36.1. The normalized spacial score (nSPS) is 23.0. The minimum atomic E-state index is -5.44. The van der Waals surface area contributed by atoms with E-state index >= 15 is 13.2 Å². The third-order valence-corrected chi connectivity index (χ3v) is 7.68. The Bertz CT molecular complexity index is 1230. The monoisotopic (exact) mass is 583 g/mol. The minimum Gasteiger partial charge on any atom is -0.392 e. The molecule has 2 aliphatic rings. The average Bonchev–Trinajstić information content (AvgIpc) is 3.33. The van der Waals surface area contributed by atoms with Gasteiger partial charge in [0.1, 0.15) is 5.69 Å². The van der Waals surface area contributed by atoms with Crippen molar-refractivity contribution < 1.29 is 36.6 Å². The highest BCUT2D eigenvalue weighted by molar-refractivity contribution is 6.06. The van der Waals surface area contributed by atoms with Gasteiger partial charge in [-0.2, -0.15) is 13.2 Å². The SMILES string of the molecule is CC(C)(C)c1ccc(N(C(=O)[C@H]2C[C@@H](O)CN2)C(C(=O)NC2CCC(F)(F)CC2)(c2cnccn2)C(F)(F)F)cc1. The fraction of sp³-hybridized carbons (Fsp3) is 0.571. The quantitative estimate of drug-likeness (QED) is 0.445. The van der Waals surface area contributed by atoms with Crippen molar-refractivity contribution in [1.29, 1.82) is 0 Å². The van der Waals surface area contributed by atoms with Crippen molar-refractivity contribution in [2.75, 3.05) is 11.4 Å². The Hall–Kier alpha value is -3.19. The van der Waals surface area contributed by atoms with Gasteiger partial charge in [-0.25, -0.2) is 8.78 Å². The molecule has 2 heterocycles. The molecular weight excluding hydrogens is 549 g/mol. The molecule has 2 amide bonds. The van der Waals surface area contributed by atoms with Crippen LogP contribution in [0.15, 0.2) is 42.9 Å². The van der Waals surface area contributed by atoms with E-state index in [9.17, 15) is 23.5 Å². The number of nitrogens with zero attached hydrogens (tertiary/aromatic N) is 3. The molecule has 4 rings (SSSR count). The second-order valence-electron chi connectivity index (χ2n) is 11.7. The lowest BCUT2D eigenvalue weighted by molar-refractivity contribution is -0.198. The summed E-state index contributed by atoms with van der Waals surface area (Å²) in [6.07, 6.45) is -5.39. The van der Waals surface area contributed by atoms with E-state index in [2.05, 4.69) is 20.6 Å². The zero-order valence-corrected chi connectivity index (χ0v) is 23.0. The van der Waals surface area contributed by atoms with Crippen LogP contribution in [0.4, 0.5) is 27.6 Å². The van der Waals surface area contributed by atoms with Crippen LogP contribution in [0.25, 0.3) is 0 Å². The number of benzene rings is 1. The molecule has 1 aliphatic heterocycles. The van der Waals surface area contributed by atoms with Gasteiger partial charge in [0.2, 0.25) is 11.8 Å². The molecule has 1 aliphatic carbocycles. The lowest BCUT2D eigenvalue weighted by atomic mass is 9.85. The summed E-state index contributed by atoms with van der Waals surface area (Å²) in [5.74, 6) is -5.72. The fourth-order valence-corrected chi connectivity index (χ4v) is 5.35.